The Morgan fingerprint density at radius 1 is 1.25 bits per heavy atom. The third-order valence-electron chi connectivity index (χ3n) is 2.89. The van der Waals surface area contributed by atoms with E-state index in [1.807, 2.05) is 6.92 Å². The van der Waals surface area contributed by atoms with Crippen LogP contribution in [0.25, 0.3) is 11.1 Å². The average Bonchev–Trinajstić information content (AvgIpc) is 2.39. The summed E-state index contributed by atoms with van der Waals surface area (Å²) >= 11 is 12.3. The van der Waals surface area contributed by atoms with Crippen molar-refractivity contribution in [2.45, 2.75) is 19.4 Å². The van der Waals surface area contributed by atoms with Crippen LogP contribution in [0, 0.1) is 5.82 Å². The Hall–Kier alpha value is -1.23. The minimum atomic E-state index is -0.373. The molecule has 1 unspecified atom stereocenters. The van der Waals surface area contributed by atoms with Gasteiger partial charge < -0.3 is 4.74 Å². The number of aromatic nitrogens is 2. The normalized spacial score (nSPS) is 12.4. The molecule has 0 radical (unpaired) electrons. The molecule has 3 nitrogen and oxygen atoms in total. The Bertz CT molecular complexity index is 595. The molecule has 0 saturated heterocycles. The van der Waals surface area contributed by atoms with Gasteiger partial charge in [0.15, 0.2) is 5.82 Å². The molecule has 1 aromatic heterocycles. The van der Waals surface area contributed by atoms with Crippen LogP contribution in [-0.2, 0) is 4.74 Å². The second kappa shape index (κ2) is 6.48. The fraction of sp³-hybridized carbons (Fsp3) is 0.286. The molecule has 2 aromatic rings. The molecular formula is C14H13Cl2FN2O. The molecule has 0 bridgehead atoms. The van der Waals surface area contributed by atoms with Crippen LogP contribution in [0.3, 0.4) is 0 Å². The SMILES string of the molecule is CCC(OC)c1nc(Cl)c(-c2cccc(F)c2)c(Cl)n1. The fourth-order valence-electron chi connectivity index (χ4n) is 1.90. The third kappa shape index (κ3) is 3.08. The number of halogens is 3. The molecule has 0 N–H and O–H groups in total. The van der Waals surface area contributed by atoms with Crippen LogP contribution in [0.2, 0.25) is 10.3 Å². The van der Waals surface area contributed by atoms with E-state index >= 15 is 0 Å². The highest BCUT2D eigenvalue weighted by atomic mass is 35.5. The van der Waals surface area contributed by atoms with E-state index in [-0.39, 0.29) is 22.2 Å². The molecule has 1 heterocycles. The van der Waals surface area contributed by atoms with E-state index in [0.717, 1.165) is 0 Å². The summed E-state index contributed by atoms with van der Waals surface area (Å²) in [5.74, 6) is 0.0483. The van der Waals surface area contributed by atoms with Crippen molar-refractivity contribution in [1.29, 1.82) is 0 Å². The maximum absolute atomic E-state index is 13.3. The molecule has 0 amide bonds. The summed E-state index contributed by atoms with van der Waals surface area (Å²) in [5.41, 5.74) is 0.958. The molecule has 0 aliphatic heterocycles. The zero-order valence-corrected chi connectivity index (χ0v) is 12.5. The first-order valence-electron chi connectivity index (χ1n) is 6.08. The molecule has 1 aromatic carbocycles. The number of hydrogen-bond acceptors (Lipinski definition) is 3. The molecule has 106 valence electrons. The molecule has 2 rings (SSSR count). The third-order valence-corrected chi connectivity index (χ3v) is 3.44. The lowest BCUT2D eigenvalue weighted by atomic mass is 10.1. The number of hydrogen-bond donors (Lipinski definition) is 0. The molecule has 0 spiro atoms. The molecule has 1 atom stereocenters. The predicted molar refractivity (Wildman–Crippen MR) is 77.5 cm³/mol. The van der Waals surface area contributed by atoms with Crippen molar-refractivity contribution in [3.05, 3.63) is 46.2 Å². The van der Waals surface area contributed by atoms with Crippen LogP contribution in [0.15, 0.2) is 24.3 Å². The highest BCUT2D eigenvalue weighted by Crippen LogP contribution is 2.34. The van der Waals surface area contributed by atoms with Crippen molar-refractivity contribution in [2.24, 2.45) is 0 Å². The van der Waals surface area contributed by atoms with Crippen molar-refractivity contribution >= 4 is 23.2 Å². The van der Waals surface area contributed by atoms with Crippen molar-refractivity contribution in [2.75, 3.05) is 7.11 Å². The van der Waals surface area contributed by atoms with Gasteiger partial charge in [0.2, 0.25) is 0 Å². The Morgan fingerprint density at radius 2 is 1.90 bits per heavy atom. The second-order valence-corrected chi connectivity index (χ2v) is 4.90. The van der Waals surface area contributed by atoms with E-state index in [1.54, 1.807) is 19.2 Å². The smallest absolute Gasteiger partial charge is 0.160 e. The molecular weight excluding hydrogens is 302 g/mol. The van der Waals surface area contributed by atoms with Crippen molar-refractivity contribution < 1.29 is 9.13 Å². The molecule has 0 aliphatic carbocycles. The Kier molecular flexibility index (Phi) is 4.91. The summed E-state index contributed by atoms with van der Waals surface area (Å²) < 4.78 is 18.5. The first-order chi connectivity index (χ1) is 9.56. The Morgan fingerprint density at radius 3 is 2.40 bits per heavy atom. The maximum Gasteiger partial charge on any atom is 0.160 e. The van der Waals surface area contributed by atoms with Gasteiger partial charge in [-0.05, 0) is 24.1 Å². The van der Waals surface area contributed by atoms with E-state index in [0.29, 0.717) is 23.4 Å². The molecule has 0 fully saturated rings. The van der Waals surface area contributed by atoms with E-state index < -0.39 is 0 Å². The second-order valence-electron chi connectivity index (χ2n) is 4.18. The van der Waals surface area contributed by atoms with Crippen LogP contribution in [-0.4, -0.2) is 17.1 Å². The van der Waals surface area contributed by atoms with Crippen LogP contribution in [0.4, 0.5) is 4.39 Å². The first-order valence-corrected chi connectivity index (χ1v) is 6.84. The van der Waals surface area contributed by atoms with Gasteiger partial charge in [-0.2, -0.15) is 0 Å². The van der Waals surface area contributed by atoms with Crippen molar-refractivity contribution in [1.82, 2.24) is 9.97 Å². The van der Waals surface area contributed by atoms with Gasteiger partial charge in [0.05, 0.1) is 5.56 Å². The minimum Gasteiger partial charge on any atom is -0.373 e. The Balaban J connectivity index is 2.51. The number of methoxy groups -OCH3 is 1. The highest BCUT2D eigenvalue weighted by Gasteiger charge is 2.18. The highest BCUT2D eigenvalue weighted by molar-refractivity contribution is 6.37. The van der Waals surface area contributed by atoms with Crippen molar-refractivity contribution in [3.63, 3.8) is 0 Å². The zero-order chi connectivity index (χ0) is 14.7. The summed E-state index contributed by atoms with van der Waals surface area (Å²) in [6, 6.07) is 5.96. The van der Waals surface area contributed by atoms with Gasteiger partial charge in [-0.15, -0.1) is 0 Å². The summed E-state index contributed by atoms with van der Waals surface area (Å²) in [6.45, 7) is 1.94. The zero-order valence-electron chi connectivity index (χ0n) is 11.0. The minimum absolute atomic E-state index is 0.182. The predicted octanol–water partition coefficient (Wildman–Crippen LogP) is 4.69. The quantitative estimate of drug-likeness (QED) is 0.768. The van der Waals surface area contributed by atoms with Crippen LogP contribution >= 0.6 is 23.2 Å². The van der Waals surface area contributed by atoms with Crippen LogP contribution in [0.5, 0.6) is 0 Å². The summed E-state index contributed by atoms with van der Waals surface area (Å²) in [5, 5.41) is 0.363. The van der Waals surface area contributed by atoms with Crippen LogP contribution < -0.4 is 0 Å². The van der Waals surface area contributed by atoms with Gasteiger partial charge >= 0.3 is 0 Å². The summed E-state index contributed by atoms with van der Waals surface area (Å²) in [7, 11) is 1.57. The van der Waals surface area contributed by atoms with Crippen LogP contribution in [0.1, 0.15) is 25.3 Å². The van der Waals surface area contributed by atoms with Gasteiger partial charge in [-0.1, -0.05) is 42.3 Å². The molecule has 6 heteroatoms. The van der Waals surface area contributed by atoms with Gasteiger partial charge in [-0.25, -0.2) is 14.4 Å². The number of ether oxygens (including phenoxy) is 1. The first kappa shape index (κ1) is 15.2. The number of benzene rings is 1. The maximum atomic E-state index is 13.3. The van der Waals surface area contributed by atoms with Gasteiger partial charge in [0.25, 0.3) is 0 Å². The number of nitrogens with zero attached hydrogens (tertiary/aromatic N) is 2. The topological polar surface area (TPSA) is 35.0 Å². The molecule has 20 heavy (non-hydrogen) atoms. The monoisotopic (exact) mass is 314 g/mol. The average molecular weight is 315 g/mol. The standard InChI is InChI=1S/C14H13Cl2FN2O/c1-3-10(20-2)14-18-12(15)11(13(16)19-14)8-5-4-6-9(17)7-8/h4-7,10H,3H2,1-2H3. The van der Waals surface area contributed by atoms with E-state index in [1.165, 1.54) is 12.1 Å². The summed E-state index contributed by atoms with van der Waals surface area (Å²) in [4.78, 5) is 8.41. The van der Waals surface area contributed by atoms with Crippen molar-refractivity contribution in [3.8, 4) is 11.1 Å². The fourth-order valence-corrected chi connectivity index (χ4v) is 2.52. The lowest BCUT2D eigenvalue weighted by Gasteiger charge is -2.14. The van der Waals surface area contributed by atoms with E-state index in [2.05, 4.69) is 9.97 Å². The summed E-state index contributed by atoms with van der Waals surface area (Å²) in [6.07, 6.45) is 0.425. The molecule has 0 aliphatic rings. The van der Waals surface area contributed by atoms with Gasteiger partial charge in [0, 0.05) is 7.11 Å². The lowest BCUT2D eigenvalue weighted by Crippen LogP contribution is -2.07. The Labute approximate surface area is 126 Å². The lowest BCUT2D eigenvalue weighted by molar-refractivity contribution is 0.0926. The number of rotatable bonds is 4. The van der Waals surface area contributed by atoms with Gasteiger partial charge in [0.1, 0.15) is 22.2 Å². The van der Waals surface area contributed by atoms with E-state index in [9.17, 15) is 4.39 Å². The molecule has 0 saturated carbocycles. The largest absolute Gasteiger partial charge is 0.373 e. The van der Waals surface area contributed by atoms with Gasteiger partial charge in [-0.3, -0.25) is 0 Å². The van der Waals surface area contributed by atoms with E-state index in [4.69, 9.17) is 27.9 Å².